The van der Waals surface area contributed by atoms with Crippen LogP contribution in [0.3, 0.4) is 0 Å². The van der Waals surface area contributed by atoms with E-state index in [0.717, 1.165) is 22.0 Å². The third kappa shape index (κ3) is 5.11. The zero-order chi connectivity index (χ0) is 27.0. The van der Waals surface area contributed by atoms with E-state index in [4.69, 9.17) is 30.5 Å². The van der Waals surface area contributed by atoms with E-state index in [1.165, 1.54) is 21.0 Å². The van der Waals surface area contributed by atoms with Crippen LogP contribution in [0.4, 0.5) is 0 Å². The number of methoxy groups -OCH3 is 1. The Morgan fingerprint density at radius 1 is 1.05 bits per heavy atom. The number of carbonyl (C=O) groups is 2. The van der Waals surface area contributed by atoms with E-state index < -0.39 is 29.6 Å². The predicted octanol–water partition coefficient (Wildman–Crippen LogP) is 6.76. The van der Waals surface area contributed by atoms with Crippen LogP contribution in [0.2, 0.25) is 5.02 Å². The van der Waals surface area contributed by atoms with E-state index in [0.29, 0.717) is 26.6 Å². The van der Waals surface area contributed by atoms with Gasteiger partial charge >= 0.3 is 11.9 Å². The number of esters is 2. The van der Waals surface area contributed by atoms with Gasteiger partial charge in [-0.2, -0.15) is 0 Å². The highest BCUT2D eigenvalue weighted by molar-refractivity contribution is 9.10. The second-order valence-corrected chi connectivity index (χ2v) is 10.7. The van der Waals surface area contributed by atoms with Crippen LogP contribution in [0.15, 0.2) is 71.3 Å². The maximum Gasteiger partial charge on any atom is 0.324 e. The first-order valence-electron chi connectivity index (χ1n) is 11.9. The Hall–Kier alpha value is -3.49. The number of cyclic esters (lactones) is 2. The summed E-state index contributed by atoms with van der Waals surface area (Å²) in [6.45, 7) is 3.33. The van der Waals surface area contributed by atoms with E-state index in [1.54, 1.807) is 18.3 Å². The summed E-state index contributed by atoms with van der Waals surface area (Å²) in [6.07, 6.45) is 1.81. The molecule has 3 aromatic carbocycles. The van der Waals surface area contributed by atoms with Crippen molar-refractivity contribution in [2.24, 2.45) is 5.92 Å². The highest BCUT2D eigenvalue weighted by Crippen LogP contribution is 2.45. The lowest BCUT2D eigenvalue weighted by Gasteiger charge is -2.36. The minimum atomic E-state index is -1.34. The SMILES string of the molecule is COc1cc([C@H](c2c[nH]c3ccccc23)C2C(=O)OC(C)(C)OC2=O)cc(Br)c1OCc1cccc(Cl)c1. The van der Waals surface area contributed by atoms with Gasteiger partial charge in [0.25, 0.3) is 5.79 Å². The maximum absolute atomic E-state index is 13.2. The highest BCUT2D eigenvalue weighted by atomic mass is 79.9. The quantitative estimate of drug-likeness (QED) is 0.187. The maximum atomic E-state index is 13.2. The Bertz CT molecular complexity index is 1510. The van der Waals surface area contributed by atoms with Gasteiger partial charge < -0.3 is 23.9 Å². The molecule has 2 heterocycles. The highest BCUT2D eigenvalue weighted by Gasteiger charge is 2.49. The molecule has 4 aromatic rings. The van der Waals surface area contributed by atoms with Gasteiger partial charge in [0, 0.05) is 41.9 Å². The summed E-state index contributed by atoms with van der Waals surface area (Å²) in [6, 6.07) is 18.7. The molecule has 1 N–H and O–H groups in total. The molecule has 9 heteroatoms. The number of para-hydroxylation sites is 1. The molecule has 1 atom stereocenters. The fourth-order valence-electron chi connectivity index (χ4n) is 4.75. The molecule has 0 spiro atoms. The van der Waals surface area contributed by atoms with Gasteiger partial charge in [0.1, 0.15) is 6.61 Å². The number of nitrogens with one attached hydrogen (secondary N) is 1. The van der Waals surface area contributed by atoms with Crippen LogP contribution in [-0.4, -0.2) is 29.8 Å². The van der Waals surface area contributed by atoms with E-state index in [-0.39, 0.29) is 6.61 Å². The molecule has 0 saturated carbocycles. The van der Waals surface area contributed by atoms with Crippen LogP contribution in [0, 0.1) is 5.92 Å². The molecule has 0 bridgehead atoms. The van der Waals surface area contributed by atoms with Crippen molar-refractivity contribution in [1.82, 2.24) is 4.98 Å². The lowest BCUT2D eigenvalue weighted by Crippen LogP contribution is -2.48. The molecule has 1 fully saturated rings. The van der Waals surface area contributed by atoms with Crippen molar-refractivity contribution in [3.05, 3.63) is 93.0 Å². The Labute approximate surface area is 233 Å². The number of benzene rings is 3. The summed E-state index contributed by atoms with van der Waals surface area (Å²) in [5, 5.41) is 1.49. The number of hydrogen-bond donors (Lipinski definition) is 1. The summed E-state index contributed by atoms with van der Waals surface area (Å²) in [5.41, 5.74) is 3.16. The van der Waals surface area contributed by atoms with Crippen LogP contribution >= 0.6 is 27.5 Å². The smallest absolute Gasteiger partial charge is 0.324 e. The number of hydrogen-bond acceptors (Lipinski definition) is 6. The minimum Gasteiger partial charge on any atom is -0.493 e. The Balaban J connectivity index is 1.59. The van der Waals surface area contributed by atoms with Crippen LogP contribution in [0.1, 0.15) is 36.5 Å². The second kappa shape index (κ2) is 10.3. The number of rotatable bonds is 7. The average Bonchev–Trinajstić information content (AvgIpc) is 3.28. The van der Waals surface area contributed by atoms with Crippen molar-refractivity contribution in [2.75, 3.05) is 7.11 Å². The predicted molar refractivity (Wildman–Crippen MR) is 146 cm³/mol. The first kappa shape index (κ1) is 26.1. The van der Waals surface area contributed by atoms with Crippen LogP contribution in [0.25, 0.3) is 10.9 Å². The third-order valence-corrected chi connectivity index (χ3v) is 7.20. The molecule has 0 amide bonds. The Morgan fingerprint density at radius 3 is 2.50 bits per heavy atom. The van der Waals surface area contributed by atoms with Gasteiger partial charge in [0.15, 0.2) is 17.4 Å². The summed E-state index contributed by atoms with van der Waals surface area (Å²) < 4.78 is 23.4. The zero-order valence-corrected chi connectivity index (χ0v) is 23.3. The first-order valence-corrected chi connectivity index (χ1v) is 13.1. The van der Waals surface area contributed by atoms with Crippen molar-refractivity contribution < 1.29 is 28.5 Å². The molecule has 1 aliphatic heterocycles. The summed E-state index contributed by atoms with van der Waals surface area (Å²) in [7, 11) is 1.53. The molecule has 196 valence electrons. The number of aromatic nitrogens is 1. The van der Waals surface area contributed by atoms with Gasteiger partial charge in [-0.15, -0.1) is 0 Å². The fourth-order valence-corrected chi connectivity index (χ4v) is 5.53. The van der Waals surface area contributed by atoms with Gasteiger partial charge in [-0.3, -0.25) is 9.59 Å². The van der Waals surface area contributed by atoms with E-state index in [2.05, 4.69) is 20.9 Å². The monoisotopic (exact) mass is 597 g/mol. The first-order chi connectivity index (χ1) is 18.2. The molecule has 0 unspecified atom stereocenters. The van der Waals surface area contributed by atoms with E-state index in [1.807, 2.05) is 48.5 Å². The molecule has 5 rings (SSSR count). The lowest BCUT2D eigenvalue weighted by atomic mass is 9.80. The number of carbonyl (C=O) groups excluding carboxylic acids is 2. The van der Waals surface area contributed by atoms with Gasteiger partial charge in [-0.05, 0) is 63.0 Å². The standard InChI is InChI=1S/C29H25BrClNO6/c1-29(2)37-27(33)25(28(34)38-29)24(20-14-32-22-10-5-4-9-19(20)22)17-12-21(30)26(23(13-17)35-3)36-15-16-7-6-8-18(31)11-16/h4-14,24-25,32H,15H2,1-3H3/t24-/m1/s1. The number of H-pyrrole nitrogens is 1. The summed E-state index contributed by atoms with van der Waals surface area (Å²) in [4.78, 5) is 29.7. The van der Waals surface area contributed by atoms with Gasteiger partial charge in [0.2, 0.25) is 0 Å². The number of fused-ring (bicyclic) bond motifs is 1. The largest absolute Gasteiger partial charge is 0.493 e. The van der Waals surface area contributed by atoms with Gasteiger partial charge in [-0.25, -0.2) is 0 Å². The molecular weight excluding hydrogens is 574 g/mol. The third-order valence-electron chi connectivity index (χ3n) is 6.37. The molecular formula is C29H25BrClNO6. The summed E-state index contributed by atoms with van der Waals surface area (Å²) >= 11 is 9.72. The van der Waals surface area contributed by atoms with Crippen molar-refractivity contribution >= 4 is 50.4 Å². The minimum absolute atomic E-state index is 0.261. The van der Waals surface area contributed by atoms with Crippen LogP contribution in [-0.2, 0) is 25.7 Å². The molecule has 7 nitrogen and oxygen atoms in total. The number of ether oxygens (including phenoxy) is 4. The number of aromatic amines is 1. The molecule has 1 aromatic heterocycles. The Morgan fingerprint density at radius 2 is 1.79 bits per heavy atom. The topological polar surface area (TPSA) is 86.9 Å². The fraction of sp³-hybridized carbons (Fsp3) is 0.241. The summed E-state index contributed by atoms with van der Waals surface area (Å²) in [5.74, 6) is -3.70. The molecule has 1 aliphatic rings. The zero-order valence-electron chi connectivity index (χ0n) is 20.9. The normalized spacial score (nSPS) is 16.1. The van der Waals surface area contributed by atoms with Gasteiger partial charge in [0.05, 0.1) is 11.6 Å². The molecule has 0 radical (unpaired) electrons. The van der Waals surface area contributed by atoms with E-state index >= 15 is 0 Å². The molecule has 1 saturated heterocycles. The molecule has 38 heavy (non-hydrogen) atoms. The van der Waals surface area contributed by atoms with Crippen molar-refractivity contribution in [1.29, 1.82) is 0 Å². The molecule has 0 aliphatic carbocycles. The van der Waals surface area contributed by atoms with Crippen molar-refractivity contribution in [3.8, 4) is 11.5 Å². The lowest BCUT2D eigenvalue weighted by molar-refractivity contribution is -0.240. The van der Waals surface area contributed by atoms with Crippen LogP contribution < -0.4 is 9.47 Å². The van der Waals surface area contributed by atoms with Crippen LogP contribution in [0.5, 0.6) is 11.5 Å². The van der Waals surface area contributed by atoms with E-state index in [9.17, 15) is 9.59 Å². The Kier molecular flexibility index (Phi) is 7.11. The van der Waals surface area contributed by atoms with Crippen molar-refractivity contribution in [3.63, 3.8) is 0 Å². The number of halogens is 2. The van der Waals surface area contributed by atoms with Gasteiger partial charge in [-0.1, -0.05) is 41.9 Å². The van der Waals surface area contributed by atoms with Crippen molar-refractivity contribution in [2.45, 2.75) is 32.2 Å². The average molecular weight is 599 g/mol. The second-order valence-electron chi connectivity index (χ2n) is 9.44.